The summed E-state index contributed by atoms with van der Waals surface area (Å²) in [5.74, 6) is 0.742. The zero-order valence-electron chi connectivity index (χ0n) is 15.2. The maximum Gasteiger partial charge on any atom is 0.270 e. The first-order valence-corrected chi connectivity index (χ1v) is 9.60. The average Bonchev–Trinajstić information content (AvgIpc) is 3.20. The number of hydrogen-bond acceptors (Lipinski definition) is 5. The Labute approximate surface area is 172 Å². The third-order valence-corrected chi connectivity index (χ3v) is 5.61. The molecule has 0 amide bonds. The van der Waals surface area contributed by atoms with E-state index in [-0.39, 0.29) is 11.7 Å². The summed E-state index contributed by atoms with van der Waals surface area (Å²) in [6.45, 7) is 0. The number of nitro benzene ring substituents is 1. The summed E-state index contributed by atoms with van der Waals surface area (Å²) in [5, 5.41) is 18.4. The molecule has 0 aliphatic carbocycles. The zero-order valence-corrected chi connectivity index (χ0v) is 16.0. The van der Waals surface area contributed by atoms with Crippen LogP contribution in [0.15, 0.2) is 77.9 Å². The van der Waals surface area contributed by atoms with Crippen LogP contribution in [0.25, 0.3) is 0 Å². The second-order valence-electron chi connectivity index (χ2n) is 6.98. The molecule has 0 bridgehead atoms. The van der Waals surface area contributed by atoms with E-state index in [0.29, 0.717) is 17.0 Å². The van der Waals surface area contributed by atoms with Crippen molar-refractivity contribution in [3.8, 4) is 5.75 Å². The number of fused-ring (bicyclic) bond motifs is 3. The molecule has 5 rings (SSSR count). The normalized spacial score (nSPS) is 19.8. The highest BCUT2D eigenvalue weighted by Gasteiger charge is 2.41. The minimum absolute atomic E-state index is 0.0320. The van der Waals surface area contributed by atoms with Crippen LogP contribution in [0.3, 0.4) is 0 Å². The SMILES string of the molecule is O=[N+]([O-])c1ccc(Cl)c(C2Oc3ccccc3C3CC(c4ccccc4)=NN32)c1. The summed E-state index contributed by atoms with van der Waals surface area (Å²) in [6.07, 6.45) is 0.0662. The van der Waals surface area contributed by atoms with Gasteiger partial charge in [0.25, 0.3) is 5.69 Å². The third kappa shape index (κ3) is 3.02. The van der Waals surface area contributed by atoms with Crippen molar-refractivity contribution in [2.75, 3.05) is 0 Å². The number of hydrazone groups is 1. The van der Waals surface area contributed by atoms with Gasteiger partial charge in [0.15, 0.2) is 0 Å². The number of halogens is 1. The van der Waals surface area contributed by atoms with Crippen molar-refractivity contribution in [3.63, 3.8) is 0 Å². The minimum Gasteiger partial charge on any atom is -0.464 e. The van der Waals surface area contributed by atoms with Gasteiger partial charge in [-0.25, -0.2) is 5.01 Å². The van der Waals surface area contributed by atoms with E-state index in [4.69, 9.17) is 21.4 Å². The molecule has 0 radical (unpaired) electrons. The highest BCUT2D eigenvalue weighted by Crippen LogP contribution is 2.48. The Balaban J connectivity index is 1.63. The van der Waals surface area contributed by atoms with Crippen LogP contribution in [0.5, 0.6) is 5.75 Å². The van der Waals surface area contributed by atoms with Gasteiger partial charge in [-0.15, -0.1) is 0 Å². The van der Waals surface area contributed by atoms with Gasteiger partial charge in [0.1, 0.15) is 5.75 Å². The van der Waals surface area contributed by atoms with Crippen LogP contribution in [0.2, 0.25) is 5.02 Å². The second-order valence-corrected chi connectivity index (χ2v) is 7.39. The molecule has 0 spiro atoms. The first-order chi connectivity index (χ1) is 14.1. The maximum absolute atomic E-state index is 11.3. The van der Waals surface area contributed by atoms with Gasteiger partial charge in [-0.05, 0) is 17.7 Å². The van der Waals surface area contributed by atoms with Crippen molar-refractivity contribution in [2.24, 2.45) is 5.10 Å². The van der Waals surface area contributed by atoms with Gasteiger partial charge in [0.05, 0.1) is 16.7 Å². The third-order valence-electron chi connectivity index (χ3n) is 5.26. The Morgan fingerprint density at radius 2 is 1.79 bits per heavy atom. The van der Waals surface area contributed by atoms with Crippen LogP contribution in [-0.4, -0.2) is 15.6 Å². The first-order valence-electron chi connectivity index (χ1n) is 9.22. The fourth-order valence-electron chi connectivity index (χ4n) is 3.88. The Bertz CT molecular complexity index is 1130. The van der Waals surface area contributed by atoms with E-state index in [9.17, 15) is 10.1 Å². The number of rotatable bonds is 3. The molecular weight excluding hydrogens is 390 g/mol. The molecule has 0 fully saturated rings. The van der Waals surface area contributed by atoms with Gasteiger partial charge in [-0.1, -0.05) is 60.1 Å². The molecule has 0 N–H and O–H groups in total. The Hall–Kier alpha value is -3.38. The fourth-order valence-corrected chi connectivity index (χ4v) is 4.09. The van der Waals surface area contributed by atoms with Crippen LogP contribution in [0.4, 0.5) is 5.69 Å². The van der Waals surface area contributed by atoms with Crippen LogP contribution in [0.1, 0.15) is 35.4 Å². The Morgan fingerprint density at radius 3 is 2.59 bits per heavy atom. The molecule has 3 aromatic rings. The van der Waals surface area contributed by atoms with E-state index in [1.54, 1.807) is 0 Å². The number of non-ortho nitro benzene ring substituents is 1. The smallest absolute Gasteiger partial charge is 0.270 e. The topological polar surface area (TPSA) is 68.0 Å². The predicted molar refractivity (Wildman–Crippen MR) is 110 cm³/mol. The summed E-state index contributed by atoms with van der Waals surface area (Å²) in [5.41, 5.74) is 3.53. The van der Waals surface area contributed by atoms with Crippen molar-refractivity contribution in [1.29, 1.82) is 0 Å². The number of para-hydroxylation sites is 1. The lowest BCUT2D eigenvalue weighted by Crippen LogP contribution is -2.33. The Kier molecular flexibility index (Phi) is 4.21. The van der Waals surface area contributed by atoms with Crippen molar-refractivity contribution in [2.45, 2.75) is 18.7 Å². The number of ether oxygens (including phenoxy) is 1. The summed E-state index contributed by atoms with van der Waals surface area (Å²) in [4.78, 5) is 10.9. The van der Waals surface area contributed by atoms with E-state index < -0.39 is 11.2 Å². The highest BCUT2D eigenvalue weighted by atomic mass is 35.5. The van der Waals surface area contributed by atoms with Crippen LogP contribution in [0, 0.1) is 10.1 Å². The standard InChI is InChI=1S/C22H16ClN3O3/c23-18-11-10-15(26(27)28)12-17(18)22-25-20(16-8-4-5-9-21(16)29-22)13-19(24-25)14-6-2-1-3-7-14/h1-12,20,22H,13H2. The molecule has 7 heteroatoms. The number of nitrogens with zero attached hydrogens (tertiary/aromatic N) is 3. The summed E-state index contributed by atoms with van der Waals surface area (Å²) in [7, 11) is 0. The molecule has 0 aromatic heterocycles. The van der Waals surface area contributed by atoms with Gasteiger partial charge in [0, 0.05) is 34.7 Å². The summed E-state index contributed by atoms with van der Waals surface area (Å²) < 4.78 is 6.24. The lowest BCUT2D eigenvalue weighted by Gasteiger charge is -2.38. The second kappa shape index (κ2) is 6.90. The van der Waals surface area contributed by atoms with Gasteiger partial charge in [-0.2, -0.15) is 5.10 Å². The molecule has 6 nitrogen and oxygen atoms in total. The molecule has 2 unspecified atom stereocenters. The van der Waals surface area contributed by atoms with E-state index >= 15 is 0 Å². The van der Waals surface area contributed by atoms with E-state index in [0.717, 1.165) is 22.6 Å². The number of hydrogen-bond donors (Lipinski definition) is 0. The quantitative estimate of drug-likeness (QED) is 0.426. The van der Waals surface area contributed by atoms with Crippen molar-refractivity contribution in [1.82, 2.24) is 5.01 Å². The molecular formula is C22H16ClN3O3. The van der Waals surface area contributed by atoms with Crippen molar-refractivity contribution in [3.05, 3.63) is 105 Å². The molecule has 29 heavy (non-hydrogen) atoms. The van der Waals surface area contributed by atoms with Crippen LogP contribution in [-0.2, 0) is 0 Å². The lowest BCUT2D eigenvalue weighted by atomic mass is 9.96. The fraction of sp³-hybridized carbons (Fsp3) is 0.136. The first kappa shape index (κ1) is 17.7. The Morgan fingerprint density at radius 1 is 1.03 bits per heavy atom. The lowest BCUT2D eigenvalue weighted by molar-refractivity contribution is -0.385. The van der Waals surface area contributed by atoms with Crippen molar-refractivity contribution < 1.29 is 9.66 Å². The average molecular weight is 406 g/mol. The summed E-state index contributed by atoms with van der Waals surface area (Å²) >= 11 is 6.43. The monoisotopic (exact) mass is 405 g/mol. The number of nitro groups is 1. The van der Waals surface area contributed by atoms with Crippen LogP contribution >= 0.6 is 11.6 Å². The largest absolute Gasteiger partial charge is 0.464 e. The molecule has 2 aliphatic heterocycles. The molecule has 2 aliphatic rings. The van der Waals surface area contributed by atoms with E-state index in [2.05, 4.69) is 0 Å². The van der Waals surface area contributed by atoms with E-state index in [1.807, 2.05) is 59.6 Å². The molecule has 3 aromatic carbocycles. The molecule has 2 heterocycles. The van der Waals surface area contributed by atoms with Crippen molar-refractivity contribution >= 4 is 23.0 Å². The molecule has 144 valence electrons. The highest BCUT2D eigenvalue weighted by molar-refractivity contribution is 6.31. The van der Waals surface area contributed by atoms with Gasteiger partial charge in [-0.3, -0.25) is 10.1 Å². The van der Waals surface area contributed by atoms with E-state index in [1.165, 1.54) is 18.2 Å². The minimum atomic E-state index is -0.650. The molecule has 2 atom stereocenters. The van der Waals surface area contributed by atoms with Gasteiger partial charge >= 0.3 is 0 Å². The van der Waals surface area contributed by atoms with Crippen LogP contribution < -0.4 is 4.74 Å². The zero-order chi connectivity index (χ0) is 20.0. The molecule has 0 saturated carbocycles. The van der Waals surface area contributed by atoms with Gasteiger partial charge in [0.2, 0.25) is 6.23 Å². The van der Waals surface area contributed by atoms with Gasteiger partial charge < -0.3 is 4.74 Å². The predicted octanol–water partition coefficient (Wildman–Crippen LogP) is 5.49. The number of benzene rings is 3. The molecule has 0 saturated heterocycles. The summed E-state index contributed by atoms with van der Waals surface area (Å²) in [6, 6.07) is 22.2. The maximum atomic E-state index is 11.3.